The smallest absolute Gasteiger partial charge is 0.280 e. The highest BCUT2D eigenvalue weighted by Gasteiger charge is 2.28. The molecule has 0 saturated heterocycles. The highest BCUT2D eigenvalue weighted by atomic mass is 35.5. The summed E-state index contributed by atoms with van der Waals surface area (Å²) in [6.45, 7) is 0. The number of halogens is 1. The summed E-state index contributed by atoms with van der Waals surface area (Å²) in [6.07, 6.45) is 2.93. The molecular formula is C11H11ClN2O3. The molecule has 2 aliphatic rings. The first-order valence-electron chi connectivity index (χ1n) is 4.96. The Labute approximate surface area is 103 Å². The Kier molecular flexibility index (Phi) is 3.40. The van der Waals surface area contributed by atoms with Gasteiger partial charge in [0.05, 0.1) is 24.3 Å². The first-order valence-corrected chi connectivity index (χ1v) is 5.50. The topological polar surface area (TPSA) is 60.2 Å². The quantitative estimate of drug-likeness (QED) is 0.709. The average molecular weight is 255 g/mol. The fourth-order valence-electron chi connectivity index (χ4n) is 1.65. The lowest BCUT2D eigenvalue weighted by Gasteiger charge is -2.22. The van der Waals surface area contributed by atoms with E-state index in [0.717, 1.165) is 0 Å². The van der Waals surface area contributed by atoms with Crippen LogP contribution in [-0.4, -0.2) is 43.7 Å². The molecular weight excluding hydrogens is 244 g/mol. The number of aliphatic imine (C=N–C) groups is 2. The van der Waals surface area contributed by atoms with Crippen LogP contribution in [0.2, 0.25) is 0 Å². The summed E-state index contributed by atoms with van der Waals surface area (Å²) in [5, 5.41) is 0. The molecule has 2 rings (SSSR count). The number of hydrogen-bond donors (Lipinski definition) is 0. The highest BCUT2D eigenvalue weighted by molar-refractivity contribution is 6.37. The molecule has 5 nitrogen and oxygen atoms in total. The number of hydrogen-bond acceptors (Lipinski definition) is 4. The van der Waals surface area contributed by atoms with Crippen molar-refractivity contribution in [1.29, 1.82) is 0 Å². The van der Waals surface area contributed by atoms with Gasteiger partial charge >= 0.3 is 0 Å². The van der Waals surface area contributed by atoms with Crippen LogP contribution in [0.15, 0.2) is 33.5 Å². The summed E-state index contributed by atoms with van der Waals surface area (Å²) >= 11 is 5.62. The summed E-state index contributed by atoms with van der Waals surface area (Å²) in [6, 6.07) is 0. The molecule has 1 atom stereocenters. The van der Waals surface area contributed by atoms with Crippen LogP contribution in [0.25, 0.3) is 0 Å². The van der Waals surface area contributed by atoms with Crippen LogP contribution in [0.3, 0.4) is 0 Å². The number of amidine groups is 1. The van der Waals surface area contributed by atoms with Crippen LogP contribution in [0.1, 0.15) is 0 Å². The van der Waals surface area contributed by atoms with Crippen LogP contribution < -0.4 is 0 Å². The van der Waals surface area contributed by atoms with Gasteiger partial charge in [-0.05, 0) is 6.08 Å². The lowest BCUT2D eigenvalue weighted by atomic mass is 9.99. The maximum absolute atomic E-state index is 11.7. The second-order valence-corrected chi connectivity index (χ2v) is 3.72. The molecule has 0 fully saturated rings. The van der Waals surface area contributed by atoms with Gasteiger partial charge in [-0.15, -0.1) is 11.6 Å². The van der Waals surface area contributed by atoms with Crippen molar-refractivity contribution in [1.82, 2.24) is 0 Å². The van der Waals surface area contributed by atoms with E-state index >= 15 is 0 Å². The largest absolute Gasteiger partial charge is 0.498 e. The molecule has 0 spiro atoms. The molecule has 0 aromatic heterocycles. The summed E-state index contributed by atoms with van der Waals surface area (Å²) in [7, 11) is 3.08. The summed E-state index contributed by atoms with van der Waals surface area (Å²) in [4.78, 5) is 19.7. The Morgan fingerprint density at radius 1 is 1.41 bits per heavy atom. The monoisotopic (exact) mass is 254 g/mol. The second-order valence-electron chi connectivity index (χ2n) is 3.45. The minimum absolute atomic E-state index is 0.104. The molecule has 0 aromatic carbocycles. The molecule has 1 heterocycles. The minimum Gasteiger partial charge on any atom is -0.498 e. The zero-order valence-electron chi connectivity index (χ0n) is 9.44. The van der Waals surface area contributed by atoms with E-state index in [-0.39, 0.29) is 17.9 Å². The third-order valence-corrected chi connectivity index (χ3v) is 2.71. The molecule has 1 aliphatic carbocycles. The van der Waals surface area contributed by atoms with Crippen molar-refractivity contribution >= 4 is 29.1 Å². The number of fused-ring (bicyclic) bond motifs is 1. The maximum Gasteiger partial charge on any atom is 0.280 e. The van der Waals surface area contributed by atoms with Crippen molar-refractivity contribution in [3.05, 3.63) is 23.5 Å². The van der Waals surface area contributed by atoms with E-state index in [9.17, 15) is 4.79 Å². The first-order chi connectivity index (χ1) is 8.19. The van der Waals surface area contributed by atoms with E-state index in [2.05, 4.69) is 9.98 Å². The molecule has 1 amide bonds. The number of alkyl halides is 1. The summed E-state index contributed by atoms with van der Waals surface area (Å²) in [5.74, 6) is 0.663. The molecule has 0 N–H and O–H groups in total. The predicted octanol–water partition coefficient (Wildman–Crippen LogP) is 1.09. The van der Waals surface area contributed by atoms with Gasteiger partial charge in [0, 0.05) is 13.2 Å². The third kappa shape index (κ3) is 2.16. The van der Waals surface area contributed by atoms with Gasteiger partial charge in [0.1, 0.15) is 17.7 Å². The predicted molar refractivity (Wildman–Crippen MR) is 64.6 cm³/mol. The van der Waals surface area contributed by atoms with E-state index in [1.54, 1.807) is 19.3 Å². The van der Waals surface area contributed by atoms with E-state index in [1.807, 2.05) is 0 Å². The van der Waals surface area contributed by atoms with Crippen LogP contribution >= 0.6 is 11.6 Å². The van der Waals surface area contributed by atoms with Crippen molar-refractivity contribution in [3.8, 4) is 0 Å². The standard InChI is InChI=1S/C11H11ClN2O3/c1-16-8-3-6-7(4-9(8)17-2)13-10(5-12)14-11(6)15/h3-4,8H,5H2,1-2H3. The number of allylic oxidation sites excluding steroid dienone is 1. The lowest BCUT2D eigenvalue weighted by Crippen LogP contribution is -2.27. The molecule has 0 radical (unpaired) electrons. The van der Waals surface area contributed by atoms with E-state index in [4.69, 9.17) is 21.1 Å². The fraction of sp³-hybridized carbons (Fsp3) is 0.364. The number of methoxy groups -OCH3 is 2. The maximum atomic E-state index is 11.7. The number of ether oxygens (including phenoxy) is 2. The Hall–Kier alpha value is -1.46. The second kappa shape index (κ2) is 4.81. The van der Waals surface area contributed by atoms with Crippen molar-refractivity contribution in [2.75, 3.05) is 20.1 Å². The Balaban J connectivity index is 2.43. The lowest BCUT2D eigenvalue weighted by molar-refractivity contribution is -0.114. The molecule has 17 heavy (non-hydrogen) atoms. The van der Waals surface area contributed by atoms with E-state index in [1.165, 1.54) is 7.11 Å². The molecule has 6 heteroatoms. The Morgan fingerprint density at radius 3 is 2.76 bits per heavy atom. The van der Waals surface area contributed by atoms with E-state index in [0.29, 0.717) is 22.9 Å². The van der Waals surface area contributed by atoms with Gasteiger partial charge in [-0.3, -0.25) is 4.79 Å². The number of nitrogens with zero attached hydrogens (tertiary/aromatic N) is 2. The van der Waals surface area contributed by atoms with Crippen LogP contribution in [0.5, 0.6) is 0 Å². The highest BCUT2D eigenvalue weighted by Crippen LogP contribution is 2.22. The van der Waals surface area contributed by atoms with Gasteiger partial charge in [-0.1, -0.05) is 0 Å². The zero-order chi connectivity index (χ0) is 12.4. The zero-order valence-corrected chi connectivity index (χ0v) is 10.2. The molecule has 1 aliphatic heterocycles. The Bertz CT molecular complexity index is 477. The molecule has 1 unspecified atom stereocenters. The number of rotatable bonds is 3. The summed E-state index contributed by atoms with van der Waals surface area (Å²) < 4.78 is 10.4. The van der Waals surface area contributed by atoms with Gasteiger partial charge in [-0.2, -0.15) is 4.99 Å². The Morgan fingerprint density at radius 2 is 2.18 bits per heavy atom. The van der Waals surface area contributed by atoms with Crippen LogP contribution in [0, 0.1) is 0 Å². The SMILES string of the molecule is COC1=CC2=NC(CCl)=NC(=O)C2=CC1OC. The number of amides is 1. The molecule has 90 valence electrons. The van der Waals surface area contributed by atoms with Crippen molar-refractivity contribution in [3.63, 3.8) is 0 Å². The van der Waals surface area contributed by atoms with E-state index < -0.39 is 0 Å². The number of carbonyl (C=O) groups excluding carboxylic acids is 1. The minimum atomic E-state index is -0.384. The number of carbonyl (C=O) groups is 1. The normalized spacial score (nSPS) is 23.2. The molecule has 0 saturated carbocycles. The van der Waals surface area contributed by atoms with Crippen molar-refractivity contribution < 1.29 is 14.3 Å². The van der Waals surface area contributed by atoms with Crippen LogP contribution in [-0.2, 0) is 14.3 Å². The molecule has 0 bridgehead atoms. The van der Waals surface area contributed by atoms with Gasteiger partial charge < -0.3 is 9.47 Å². The third-order valence-electron chi connectivity index (χ3n) is 2.47. The van der Waals surface area contributed by atoms with Gasteiger partial charge in [0.15, 0.2) is 0 Å². The van der Waals surface area contributed by atoms with Crippen molar-refractivity contribution in [2.45, 2.75) is 6.10 Å². The first kappa shape index (κ1) is 12.0. The fourth-order valence-corrected chi connectivity index (χ4v) is 1.77. The van der Waals surface area contributed by atoms with Gasteiger partial charge in [0.2, 0.25) is 0 Å². The summed E-state index contributed by atoms with van der Waals surface area (Å²) in [5.41, 5.74) is 0.942. The van der Waals surface area contributed by atoms with Gasteiger partial charge in [-0.25, -0.2) is 4.99 Å². The van der Waals surface area contributed by atoms with Crippen LogP contribution in [0.4, 0.5) is 0 Å². The van der Waals surface area contributed by atoms with Gasteiger partial charge in [0.25, 0.3) is 5.91 Å². The van der Waals surface area contributed by atoms with Crippen molar-refractivity contribution in [2.24, 2.45) is 9.98 Å². The average Bonchev–Trinajstić information content (AvgIpc) is 2.36. The molecule has 0 aromatic rings.